The third-order valence-corrected chi connectivity index (χ3v) is 6.14. The quantitative estimate of drug-likeness (QED) is 0.573. The van der Waals surface area contributed by atoms with Crippen LogP contribution >= 0.6 is 0 Å². The highest BCUT2D eigenvalue weighted by Gasteiger charge is 2.16. The van der Waals surface area contributed by atoms with Crippen LogP contribution in [0.2, 0.25) is 0 Å². The summed E-state index contributed by atoms with van der Waals surface area (Å²) in [5.74, 6) is 0.991. The Hall–Kier alpha value is -1.36. The van der Waals surface area contributed by atoms with Crippen LogP contribution in [0.5, 0.6) is 5.75 Å². The lowest BCUT2D eigenvalue weighted by atomic mass is 10.1. The second-order valence-electron chi connectivity index (χ2n) is 8.18. The van der Waals surface area contributed by atoms with E-state index in [-0.39, 0.29) is 0 Å². The lowest BCUT2D eigenvalue weighted by Crippen LogP contribution is -2.28. The Bertz CT molecular complexity index is 588. The molecule has 0 unspecified atom stereocenters. The van der Waals surface area contributed by atoms with Gasteiger partial charge in [-0.15, -0.1) is 0 Å². The highest BCUT2D eigenvalue weighted by molar-refractivity contribution is 5.54. The van der Waals surface area contributed by atoms with E-state index in [1.807, 2.05) is 0 Å². The SMILES string of the molecule is CCN(CC)CCCN1CC/C(=C/c2ccc(OCCN3CCCC3)cc2)C1. The van der Waals surface area contributed by atoms with E-state index >= 15 is 0 Å². The van der Waals surface area contributed by atoms with Crippen molar-refractivity contribution in [3.05, 3.63) is 35.4 Å². The minimum absolute atomic E-state index is 0.795. The Kier molecular flexibility index (Phi) is 8.84. The summed E-state index contributed by atoms with van der Waals surface area (Å²) in [6.45, 7) is 15.9. The first-order valence-corrected chi connectivity index (χ1v) is 11.4. The number of hydrogen-bond acceptors (Lipinski definition) is 4. The molecule has 0 radical (unpaired) electrons. The third-order valence-electron chi connectivity index (χ3n) is 6.14. The van der Waals surface area contributed by atoms with Gasteiger partial charge in [0.05, 0.1) is 0 Å². The van der Waals surface area contributed by atoms with Crippen molar-refractivity contribution in [3.63, 3.8) is 0 Å². The zero-order valence-electron chi connectivity index (χ0n) is 18.0. The molecule has 2 aliphatic heterocycles. The molecule has 0 bridgehead atoms. The summed E-state index contributed by atoms with van der Waals surface area (Å²) in [4.78, 5) is 7.61. The number of ether oxygens (including phenoxy) is 1. The molecular formula is C24H39N3O. The van der Waals surface area contributed by atoms with Crippen LogP contribution in [-0.4, -0.2) is 80.2 Å². The van der Waals surface area contributed by atoms with Crippen molar-refractivity contribution in [1.29, 1.82) is 0 Å². The standard InChI is InChI=1S/C24H39N3O/c1-3-25(4-2)15-7-16-27-17-12-23(21-27)20-22-8-10-24(11-9-22)28-19-18-26-13-5-6-14-26/h8-11,20H,3-7,12-19,21H2,1-2H3/b23-20-. The Morgan fingerprint density at radius 3 is 2.43 bits per heavy atom. The van der Waals surface area contributed by atoms with Gasteiger partial charge in [0.1, 0.15) is 12.4 Å². The van der Waals surface area contributed by atoms with Crippen molar-refractivity contribution in [2.75, 3.05) is 65.5 Å². The van der Waals surface area contributed by atoms with Crippen LogP contribution < -0.4 is 4.74 Å². The van der Waals surface area contributed by atoms with Crippen LogP contribution in [0.25, 0.3) is 6.08 Å². The molecule has 0 amide bonds. The molecule has 0 N–H and O–H groups in total. The Morgan fingerprint density at radius 2 is 1.71 bits per heavy atom. The number of nitrogens with zero attached hydrogens (tertiary/aromatic N) is 3. The first-order chi connectivity index (χ1) is 13.8. The molecule has 4 heteroatoms. The molecule has 2 fully saturated rings. The van der Waals surface area contributed by atoms with Crippen molar-refractivity contribution in [2.24, 2.45) is 0 Å². The fourth-order valence-electron chi connectivity index (χ4n) is 4.31. The highest BCUT2D eigenvalue weighted by Crippen LogP contribution is 2.20. The molecule has 2 heterocycles. The summed E-state index contributed by atoms with van der Waals surface area (Å²) in [6.07, 6.45) is 7.55. The summed E-state index contributed by atoms with van der Waals surface area (Å²) in [5.41, 5.74) is 2.86. The van der Waals surface area contributed by atoms with Gasteiger partial charge in [-0.25, -0.2) is 0 Å². The van der Waals surface area contributed by atoms with Gasteiger partial charge in [0, 0.05) is 19.6 Å². The molecule has 1 aromatic rings. The van der Waals surface area contributed by atoms with E-state index in [2.05, 4.69) is 58.9 Å². The van der Waals surface area contributed by atoms with E-state index in [4.69, 9.17) is 4.74 Å². The first-order valence-electron chi connectivity index (χ1n) is 11.4. The van der Waals surface area contributed by atoms with E-state index < -0.39 is 0 Å². The molecular weight excluding hydrogens is 346 g/mol. The van der Waals surface area contributed by atoms with Crippen LogP contribution in [0.3, 0.4) is 0 Å². The van der Waals surface area contributed by atoms with E-state index in [0.29, 0.717) is 0 Å². The number of benzene rings is 1. The van der Waals surface area contributed by atoms with Gasteiger partial charge in [-0.3, -0.25) is 9.80 Å². The molecule has 0 aromatic heterocycles. The maximum Gasteiger partial charge on any atom is 0.119 e. The van der Waals surface area contributed by atoms with Gasteiger partial charge in [-0.1, -0.05) is 37.6 Å². The average molecular weight is 386 g/mol. The van der Waals surface area contributed by atoms with Gasteiger partial charge < -0.3 is 9.64 Å². The predicted molar refractivity (Wildman–Crippen MR) is 119 cm³/mol. The minimum atomic E-state index is 0.795. The van der Waals surface area contributed by atoms with Crippen molar-refractivity contribution in [1.82, 2.24) is 14.7 Å². The maximum atomic E-state index is 5.92. The highest BCUT2D eigenvalue weighted by atomic mass is 16.5. The Balaban J connectivity index is 1.37. The predicted octanol–water partition coefficient (Wildman–Crippen LogP) is 3.98. The van der Waals surface area contributed by atoms with E-state index in [1.165, 1.54) is 77.1 Å². The lowest BCUT2D eigenvalue weighted by Gasteiger charge is -2.20. The van der Waals surface area contributed by atoms with Gasteiger partial charge in [0.2, 0.25) is 0 Å². The number of likely N-dealkylation sites (tertiary alicyclic amines) is 2. The molecule has 2 saturated heterocycles. The van der Waals surface area contributed by atoms with Crippen LogP contribution in [0.1, 0.15) is 45.1 Å². The third kappa shape index (κ3) is 6.91. The fraction of sp³-hybridized carbons (Fsp3) is 0.667. The van der Waals surface area contributed by atoms with E-state index in [0.717, 1.165) is 25.4 Å². The monoisotopic (exact) mass is 385 g/mol. The van der Waals surface area contributed by atoms with E-state index in [9.17, 15) is 0 Å². The molecule has 1 aromatic carbocycles. The van der Waals surface area contributed by atoms with Gasteiger partial charge in [0.25, 0.3) is 0 Å². The molecule has 2 aliphatic rings. The van der Waals surface area contributed by atoms with Gasteiger partial charge in [-0.2, -0.15) is 0 Å². The van der Waals surface area contributed by atoms with Crippen molar-refractivity contribution >= 4 is 6.08 Å². The van der Waals surface area contributed by atoms with Crippen LogP contribution in [0, 0.1) is 0 Å². The topological polar surface area (TPSA) is 19.0 Å². The average Bonchev–Trinajstić information content (AvgIpc) is 3.39. The minimum Gasteiger partial charge on any atom is -0.492 e. The second-order valence-corrected chi connectivity index (χ2v) is 8.18. The summed E-state index contributed by atoms with van der Waals surface area (Å²) in [6, 6.07) is 8.63. The van der Waals surface area contributed by atoms with Crippen LogP contribution in [0.4, 0.5) is 0 Å². The largest absolute Gasteiger partial charge is 0.492 e. The van der Waals surface area contributed by atoms with Gasteiger partial charge >= 0.3 is 0 Å². The normalized spacial score (nSPS) is 19.9. The molecule has 0 saturated carbocycles. The Labute approximate surface area is 172 Å². The zero-order valence-corrected chi connectivity index (χ0v) is 18.0. The summed E-state index contributed by atoms with van der Waals surface area (Å²) in [7, 11) is 0. The van der Waals surface area contributed by atoms with Gasteiger partial charge in [0.15, 0.2) is 0 Å². The molecule has 156 valence electrons. The smallest absolute Gasteiger partial charge is 0.119 e. The summed E-state index contributed by atoms with van der Waals surface area (Å²) >= 11 is 0. The number of hydrogen-bond donors (Lipinski definition) is 0. The van der Waals surface area contributed by atoms with Crippen LogP contribution in [-0.2, 0) is 0 Å². The molecule has 0 aliphatic carbocycles. The summed E-state index contributed by atoms with van der Waals surface area (Å²) in [5, 5.41) is 0. The van der Waals surface area contributed by atoms with Crippen LogP contribution in [0.15, 0.2) is 29.8 Å². The van der Waals surface area contributed by atoms with Crippen molar-refractivity contribution in [2.45, 2.75) is 39.5 Å². The van der Waals surface area contributed by atoms with Crippen molar-refractivity contribution in [3.8, 4) is 5.75 Å². The van der Waals surface area contributed by atoms with E-state index in [1.54, 1.807) is 5.57 Å². The number of rotatable bonds is 11. The fourth-order valence-corrected chi connectivity index (χ4v) is 4.31. The molecule has 0 spiro atoms. The van der Waals surface area contributed by atoms with Crippen molar-refractivity contribution < 1.29 is 4.74 Å². The zero-order chi connectivity index (χ0) is 19.6. The summed E-state index contributed by atoms with van der Waals surface area (Å²) < 4.78 is 5.92. The Morgan fingerprint density at radius 1 is 0.964 bits per heavy atom. The lowest BCUT2D eigenvalue weighted by molar-refractivity contribution is 0.238. The molecule has 28 heavy (non-hydrogen) atoms. The second kappa shape index (κ2) is 11.6. The first kappa shape index (κ1) is 21.4. The molecule has 3 rings (SSSR count). The van der Waals surface area contributed by atoms with Gasteiger partial charge in [-0.05, 0) is 82.6 Å². The molecule has 4 nitrogen and oxygen atoms in total. The maximum absolute atomic E-state index is 5.92. The molecule has 0 atom stereocenters.